The fourth-order valence-electron chi connectivity index (χ4n) is 2.93. The molecule has 0 atom stereocenters. The maximum Gasteiger partial charge on any atom is 0.132 e. The normalized spacial score (nSPS) is 28.2. The SMILES string of the molecule is OCC1CCN(c2cc(C3CC(O)C3)ncn2)CC1. The van der Waals surface area contributed by atoms with Gasteiger partial charge in [-0.05, 0) is 31.6 Å². The van der Waals surface area contributed by atoms with E-state index in [4.69, 9.17) is 5.11 Å². The van der Waals surface area contributed by atoms with Gasteiger partial charge >= 0.3 is 0 Å². The topological polar surface area (TPSA) is 69.5 Å². The third kappa shape index (κ3) is 2.72. The number of aromatic nitrogens is 2. The van der Waals surface area contributed by atoms with Crippen LogP contribution in [0.4, 0.5) is 5.82 Å². The zero-order chi connectivity index (χ0) is 13.2. The van der Waals surface area contributed by atoms with Crippen LogP contribution >= 0.6 is 0 Å². The lowest BCUT2D eigenvalue weighted by molar-refractivity contribution is 0.0732. The molecular formula is C14H21N3O2. The van der Waals surface area contributed by atoms with Crippen LogP contribution in [0, 0.1) is 5.92 Å². The first-order valence-corrected chi connectivity index (χ1v) is 7.12. The minimum absolute atomic E-state index is 0.149. The van der Waals surface area contributed by atoms with Crippen molar-refractivity contribution < 1.29 is 10.2 Å². The molecule has 3 rings (SSSR count). The van der Waals surface area contributed by atoms with Gasteiger partial charge in [0.05, 0.1) is 6.10 Å². The Hall–Kier alpha value is -1.20. The molecule has 1 saturated carbocycles. The molecule has 2 fully saturated rings. The molecule has 5 nitrogen and oxygen atoms in total. The molecule has 0 spiro atoms. The van der Waals surface area contributed by atoms with Crippen LogP contribution in [-0.2, 0) is 0 Å². The minimum atomic E-state index is -0.149. The molecule has 1 aliphatic carbocycles. The molecule has 19 heavy (non-hydrogen) atoms. The summed E-state index contributed by atoms with van der Waals surface area (Å²) in [7, 11) is 0. The first-order chi connectivity index (χ1) is 9.26. The number of hydrogen-bond donors (Lipinski definition) is 2. The quantitative estimate of drug-likeness (QED) is 0.849. The fourth-order valence-corrected chi connectivity index (χ4v) is 2.93. The standard InChI is InChI=1S/C14H21N3O2/c18-8-10-1-3-17(4-2-10)14-7-13(15-9-16-14)11-5-12(19)6-11/h7,9-12,18-19H,1-6,8H2. The maximum absolute atomic E-state index is 9.38. The summed E-state index contributed by atoms with van der Waals surface area (Å²) in [6.07, 6.45) is 5.18. The van der Waals surface area contributed by atoms with E-state index in [1.807, 2.05) is 0 Å². The third-order valence-corrected chi connectivity index (χ3v) is 4.40. The lowest BCUT2D eigenvalue weighted by Crippen LogP contribution is -2.35. The van der Waals surface area contributed by atoms with Gasteiger partial charge in [-0.2, -0.15) is 0 Å². The van der Waals surface area contributed by atoms with Gasteiger partial charge < -0.3 is 15.1 Å². The highest BCUT2D eigenvalue weighted by Gasteiger charge is 2.30. The Morgan fingerprint density at radius 2 is 1.95 bits per heavy atom. The van der Waals surface area contributed by atoms with Gasteiger partial charge in [-0.3, -0.25) is 0 Å². The van der Waals surface area contributed by atoms with Crippen molar-refractivity contribution in [2.45, 2.75) is 37.7 Å². The number of aliphatic hydroxyl groups is 2. The van der Waals surface area contributed by atoms with Crippen LogP contribution in [0.5, 0.6) is 0 Å². The second-order valence-corrected chi connectivity index (χ2v) is 5.74. The molecule has 2 N–H and O–H groups in total. The molecule has 0 aromatic carbocycles. The van der Waals surface area contributed by atoms with Gasteiger partial charge in [-0.15, -0.1) is 0 Å². The number of hydrogen-bond acceptors (Lipinski definition) is 5. The van der Waals surface area contributed by atoms with E-state index in [-0.39, 0.29) is 6.10 Å². The Balaban J connectivity index is 1.66. The number of aliphatic hydroxyl groups excluding tert-OH is 2. The molecule has 2 aliphatic rings. The fraction of sp³-hybridized carbons (Fsp3) is 0.714. The van der Waals surface area contributed by atoms with Gasteiger partial charge in [0, 0.05) is 37.4 Å². The summed E-state index contributed by atoms with van der Waals surface area (Å²) < 4.78 is 0. The van der Waals surface area contributed by atoms with Gasteiger partial charge in [0.1, 0.15) is 12.1 Å². The molecule has 0 radical (unpaired) electrons. The van der Waals surface area contributed by atoms with Crippen LogP contribution in [0.25, 0.3) is 0 Å². The number of piperidine rings is 1. The first-order valence-electron chi connectivity index (χ1n) is 7.12. The summed E-state index contributed by atoms with van der Waals surface area (Å²) in [4.78, 5) is 11.0. The van der Waals surface area contributed by atoms with E-state index < -0.39 is 0 Å². The van der Waals surface area contributed by atoms with Gasteiger partial charge in [0.25, 0.3) is 0 Å². The van der Waals surface area contributed by atoms with E-state index in [9.17, 15) is 5.11 Å². The summed E-state index contributed by atoms with van der Waals surface area (Å²) in [5.41, 5.74) is 1.06. The molecule has 2 heterocycles. The monoisotopic (exact) mass is 263 g/mol. The van der Waals surface area contributed by atoms with E-state index in [0.29, 0.717) is 18.4 Å². The molecule has 5 heteroatoms. The molecule has 0 unspecified atom stereocenters. The van der Waals surface area contributed by atoms with Crippen LogP contribution in [0.2, 0.25) is 0 Å². The van der Waals surface area contributed by atoms with Crippen LogP contribution in [-0.4, -0.2) is 46.0 Å². The van der Waals surface area contributed by atoms with Crippen molar-refractivity contribution in [1.82, 2.24) is 9.97 Å². The van der Waals surface area contributed by atoms with Crippen molar-refractivity contribution in [3.63, 3.8) is 0 Å². The molecule has 104 valence electrons. The summed E-state index contributed by atoms with van der Waals surface area (Å²) in [5.74, 6) is 1.83. The molecule has 0 amide bonds. The Labute approximate surface area is 113 Å². The zero-order valence-electron chi connectivity index (χ0n) is 11.1. The smallest absolute Gasteiger partial charge is 0.132 e. The molecule has 1 saturated heterocycles. The van der Waals surface area contributed by atoms with Crippen molar-refractivity contribution in [3.05, 3.63) is 18.1 Å². The van der Waals surface area contributed by atoms with Gasteiger partial charge in [-0.25, -0.2) is 9.97 Å². The summed E-state index contributed by atoms with van der Waals surface area (Å²) in [6.45, 7) is 2.20. The Morgan fingerprint density at radius 1 is 1.21 bits per heavy atom. The third-order valence-electron chi connectivity index (χ3n) is 4.40. The second-order valence-electron chi connectivity index (χ2n) is 5.74. The van der Waals surface area contributed by atoms with Crippen LogP contribution in [0.15, 0.2) is 12.4 Å². The predicted molar refractivity (Wildman–Crippen MR) is 72.0 cm³/mol. The van der Waals surface area contributed by atoms with Gasteiger partial charge in [-0.1, -0.05) is 0 Å². The molecular weight excluding hydrogens is 242 g/mol. The van der Waals surface area contributed by atoms with Crippen molar-refractivity contribution in [3.8, 4) is 0 Å². The molecule has 1 aromatic heterocycles. The highest BCUT2D eigenvalue weighted by atomic mass is 16.3. The Morgan fingerprint density at radius 3 is 2.58 bits per heavy atom. The van der Waals surface area contributed by atoms with Crippen molar-refractivity contribution in [2.75, 3.05) is 24.6 Å². The minimum Gasteiger partial charge on any atom is -0.396 e. The van der Waals surface area contributed by atoms with E-state index in [1.165, 1.54) is 0 Å². The van der Waals surface area contributed by atoms with E-state index >= 15 is 0 Å². The van der Waals surface area contributed by atoms with Crippen molar-refractivity contribution >= 4 is 5.82 Å². The largest absolute Gasteiger partial charge is 0.396 e. The number of anilines is 1. The summed E-state index contributed by atoms with van der Waals surface area (Å²) in [6, 6.07) is 2.07. The maximum atomic E-state index is 9.38. The first kappa shape index (κ1) is 12.8. The van der Waals surface area contributed by atoms with Crippen molar-refractivity contribution in [2.24, 2.45) is 5.92 Å². The lowest BCUT2D eigenvalue weighted by Gasteiger charge is -2.34. The van der Waals surface area contributed by atoms with Crippen LogP contribution < -0.4 is 4.90 Å². The number of nitrogens with zero attached hydrogens (tertiary/aromatic N) is 3. The van der Waals surface area contributed by atoms with E-state index in [0.717, 1.165) is 50.3 Å². The zero-order valence-corrected chi connectivity index (χ0v) is 11.1. The number of rotatable bonds is 3. The average molecular weight is 263 g/mol. The lowest BCUT2D eigenvalue weighted by atomic mass is 9.80. The van der Waals surface area contributed by atoms with E-state index in [2.05, 4.69) is 20.9 Å². The Bertz CT molecular complexity index is 426. The van der Waals surface area contributed by atoms with Gasteiger partial charge in [0.15, 0.2) is 0 Å². The van der Waals surface area contributed by atoms with Gasteiger partial charge in [0.2, 0.25) is 0 Å². The predicted octanol–water partition coefficient (Wildman–Crippen LogP) is 0.924. The van der Waals surface area contributed by atoms with Crippen LogP contribution in [0.1, 0.15) is 37.3 Å². The van der Waals surface area contributed by atoms with E-state index in [1.54, 1.807) is 6.33 Å². The van der Waals surface area contributed by atoms with Crippen molar-refractivity contribution in [1.29, 1.82) is 0 Å². The highest BCUT2D eigenvalue weighted by Crippen LogP contribution is 2.36. The summed E-state index contributed by atoms with van der Waals surface area (Å²) in [5, 5.41) is 18.5. The van der Waals surface area contributed by atoms with Crippen LogP contribution in [0.3, 0.4) is 0 Å². The average Bonchev–Trinajstić information content (AvgIpc) is 2.44. The summed E-state index contributed by atoms with van der Waals surface area (Å²) >= 11 is 0. The molecule has 1 aliphatic heterocycles. The second kappa shape index (κ2) is 5.43. The molecule has 1 aromatic rings. The Kier molecular flexibility index (Phi) is 3.66. The molecule has 0 bridgehead atoms. The highest BCUT2D eigenvalue weighted by molar-refractivity contribution is 5.40.